The minimum absolute atomic E-state index is 0.0227. The van der Waals surface area contributed by atoms with Crippen molar-refractivity contribution in [3.63, 3.8) is 0 Å². The number of nitrogens with one attached hydrogen (secondary N) is 1. The van der Waals surface area contributed by atoms with Crippen LogP contribution in [0.3, 0.4) is 0 Å². The number of anilines is 1. The lowest BCUT2D eigenvalue weighted by molar-refractivity contribution is -0.137. The molecule has 0 fully saturated rings. The van der Waals surface area contributed by atoms with Crippen LogP contribution in [-0.4, -0.2) is 26.5 Å². The van der Waals surface area contributed by atoms with Gasteiger partial charge in [0.15, 0.2) is 5.65 Å². The maximum Gasteiger partial charge on any atom is 0.416 e. The van der Waals surface area contributed by atoms with Crippen LogP contribution in [0.4, 0.5) is 19.0 Å². The van der Waals surface area contributed by atoms with Gasteiger partial charge in [0.2, 0.25) is 0 Å². The van der Waals surface area contributed by atoms with E-state index in [2.05, 4.69) is 15.3 Å². The Bertz CT molecular complexity index is 1300. The summed E-state index contributed by atoms with van der Waals surface area (Å²) in [6.07, 6.45) is -3.82. The highest BCUT2D eigenvalue weighted by molar-refractivity contribution is 6.11. The summed E-state index contributed by atoms with van der Waals surface area (Å²) in [4.78, 5) is 22.1. The maximum absolute atomic E-state index is 13.3. The lowest BCUT2D eigenvalue weighted by Gasteiger charge is -2.13. The van der Waals surface area contributed by atoms with Crippen LogP contribution in [0.15, 0.2) is 48.5 Å². The first-order valence-electron chi connectivity index (χ1n) is 9.76. The highest BCUT2D eigenvalue weighted by Gasteiger charge is 2.31. The van der Waals surface area contributed by atoms with Crippen molar-refractivity contribution in [2.45, 2.75) is 32.5 Å². The molecule has 9 heteroatoms. The van der Waals surface area contributed by atoms with Crippen LogP contribution in [0.2, 0.25) is 0 Å². The average Bonchev–Trinajstić information content (AvgIpc) is 3.02. The second kappa shape index (κ2) is 7.57. The Labute approximate surface area is 175 Å². The summed E-state index contributed by atoms with van der Waals surface area (Å²) in [6.45, 7) is 3.77. The number of halogens is 3. The first-order chi connectivity index (χ1) is 14.7. The fourth-order valence-corrected chi connectivity index (χ4v) is 3.37. The largest absolute Gasteiger partial charge is 0.416 e. The standard InChI is InChI=1S/C22H20F3N5O/c1-3-12(2)27-21(31)17-18-20(29-16-10-5-4-9-15(16)28-18)30(19(17)26)14-8-6-7-13(11-14)22(23,24)25/h4-12H,3,26H2,1-2H3,(H,27,31)/t12-/m0/s1. The number of amides is 1. The number of carbonyl (C=O) groups excluding carboxylic acids is 1. The van der Waals surface area contributed by atoms with Crippen LogP contribution in [0.5, 0.6) is 0 Å². The lowest BCUT2D eigenvalue weighted by Crippen LogP contribution is -2.32. The molecule has 0 aliphatic heterocycles. The fourth-order valence-electron chi connectivity index (χ4n) is 3.37. The summed E-state index contributed by atoms with van der Waals surface area (Å²) in [7, 11) is 0. The van der Waals surface area contributed by atoms with Gasteiger partial charge in [0.25, 0.3) is 5.91 Å². The highest BCUT2D eigenvalue weighted by atomic mass is 19.4. The van der Waals surface area contributed by atoms with E-state index in [1.807, 2.05) is 13.8 Å². The van der Waals surface area contributed by atoms with Crippen molar-refractivity contribution >= 4 is 33.9 Å². The van der Waals surface area contributed by atoms with Gasteiger partial charge in [-0.05, 0) is 43.7 Å². The predicted molar refractivity (Wildman–Crippen MR) is 113 cm³/mol. The zero-order valence-corrected chi connectivity index (χ0v) is 16.9. The van der Waals surface area contributed by atoms with E-state index >= 15 is 0 Å². The number of nitrogen functional groups attached to an aromatic ring is 1. The van der Waals surface area contributed by atoms with Gasteiger partial charge < -0.3 is 11.1 Å². The number of para-hydroxylation sites is 2. The van der Waals surface area contributed by atoms with Crippen LogP contribution in [0.25, 0.3) is 27.9 Å². The van der Waals surface area contributed by atoms with Crippen LogP contribution in [0, 0.1) is 0 Å². The normalized spacial score (nSPS) is 12.9. The van der Waals surface area contributed by atoms with E-state index in [-0.39, 0.29) is 34.3 Å². The monoisotopic (exact) mass is 427 g/mol. The predicted octanol–water partition coefficient (Wildman–Crippen LogP) is 4.70. The fraction of sp³-hybridized carbons (Fsp3) is 0.227. The summed E-state index contributed by atoms with van der Waals surface area (Å²) in [6, 6.07) is 11.7. The van der Waals surface area contributed by atoms with Crippen molar-refractivity contribution < 1.29 is 18.0 Å². The number of hydrogen-bond donors (Lipinski definition) is 2. The summed E-state index contributed by atoms with van der Waals surface area (Å²) in [5.41, 5.74) is 7.26. The molecule has 31 heavy (non-hydrogen) atoms. The molecule has 0 radical (unpaired) electrons. The molecule has 2 aromatic carbocycles. The third-order valence-corrected chi connectivity index (χ3v) is 5.15. The van der Waals surface area contributed by atoms with Crippen LogP contribution in [0.1, 0.15) is 36.2 Å². The number of nitrogens with two attached hydrogens (primary N) is 1. The zero-order valence-electron chi connectivity index (χ0n) is 16.9. The first kappa shape index (κ1) is 20.6. The molecule has 0 saturated carbocycles. The van der Waals surface area contributed by atoms with Crippen molar-refractivity contribution in [3.8, 4) is 5.69 Å². The number of hydrogen-bond acceptors (Lipinski definition) is 4. The molecule has 0 aliphatic carbocycles. The van der Waals surface area contributed by atoms with Crippen LogP contribution in [-0.2, 0) is 6.18 Å². The molecule has 0 saturated heterocycles. The smallest absolute Gasteiger partial charge is 0.384 e. The molecule has 4 aromatic rings. The molecule has 160 valence electrons. The molecule has 0 bridgehead atoms. The number of nitrogens with zero attached hydrogens (tertiary/aromatic N) is 3. The van der Waals surface area contributed by atoms with Crippen LogP contribution < -0.4 is 11.1 Å². The van der Waals surface area contributed by atoms with Crippen molar-refractivity contribution in [1.82, 2.24) is 19.9 Å². The second-order valence-corrected chi connectivity index (χ2v) is 7.31. The molecule has 0 unspecified atom stereocenters. The van der Waals surface area contributed by atoms with Gasteiger partial charge in [0, 0.05) is 11.7 Å². The third kappa shape index (κ3) is 3.67. The molecule has 2 heterocycles. The first-order valence-corrected chi connectivity index (χ1v) is 9.76. The Morgan fingerprint density at radius 2 is 1.81 bits per heavy atom. The Balaban J connectivity index is 2.02. The Morgan fingerprint density at radius 3 is 2.45 bits per heavy atom. The summed E-state index contributed by atoms with van der Waals surface area (Å²) < 4.78 is 41.2. The van der Waals surface area contributed by atoms with Gasteiger partial charge in [-0.25, -0.2) is 9.97 Å². The number of carbonyl (C=O) groups is 1. The van der Waals surface area contributed by atoms with E-state index in [1.54, 1.807) is 24.3 Å². The summed E-state index contributed by atoms with van der Waals surface area (Å²) in [5, 5.41) is 2.85. The van der Waals surface area contributed by atoms with Gasteiger partial charge >= 0.3 is 6.18 Å². The summed E-state index contributed by atoms with van der Waals surface area (Å²) >= 11 is 0. The molecule has 0 spiro atoms. The minimum Gasteiger partial charge on any atom is -0.384 e. The van der Waals surface area contributed by atoms with Gasteiger partial charge in [-0.1, -0.05) is 25.1 Å². The Kier molecular flexibility index (Phi) is 5.04. The molecule has 1 atom stereocenters. The topological polar surface area (TPSA) is 85.8 Å². The van der Waals surface area contributed by atoms with Gasteiger partial charge in [0.05, 0.1) is 16.6 Å². The van der Waals surface area contributed by atoms with E-state index < -0.39 is 17.6 Å². The highest BCUT2D eigenvalue weighted by Crippen LogP contribution is 2.34. The van der Waals surface area contributed by atoms with Gasteiger partial charge in [-0.2, -0.15) is 13.2 Å². The van der Waals surface area contributed by atoms with Gasteiger partial charge in [0.1, 0.15) is 16.9 Å². The third-order valence-electron chi connectivity index (χ3n) is 5.15. The Hall–Kier alpha value is -3.62. The van der Waals surface area contributed by atoms with E-state index in [1.165, 1.54) is 16.7 Å². The number of aromatic nitrogens is 3. The zero-order chi connectivity index (χ0) is 22.3. The SMILES string of the molecule is CC[C@H](C)NC(=O)c1c(N)n(-c2cccc(C(F)(F)F)c2)c2nc3ccccc3nc12. The van der Waals surface area contributed by atoms with Crippen LogP contribution >= 0.6 is 0 Å². The molecule has 4 rings (SSSR count). The number of alkyl halides is 3. The average molecular weight is 427 g/mol. The molecule has 3 N–H and O–H groups in total. The van der Waals surface area contributed by atoms with E-state index in [0.29, 0.717) is 17.5 Å². The Morgan fingerprint density at radius 1 is 1.13 bits per heavy atom. The summed E-state index contributed by atoms with van der Waals surface area (Å²) in [5.74, 6) is -0.474. The van der Waals surface area contributed by atoms with Gasteiger partial charge in [-0.3, -0.25) is 9.36 Å². The van der Waals surface area contributed by atoms with E-state index in [0.717, 1.165) is 12.1 Å². The molecular formula is C22H20F3N5O. The molecule has 6 nitrogen and oxygen atoms in total. The molecule has 0 aliphatic rings. The number of benzene rings is 2. The van der Waals surface area contributed by atoms with Crippen molar-refractivity contribution in [2.75, 3.05) is 5.73 Å². The van der Waals surface area contributed by atoms with E-state index in [9.17, 15) is 18.0 Å². The molecule has 2 aromatic heterocycles. The quantitative estimate of drug-likeness (QED) is 0.494. The minimum atomic E-state index is -4.52. The maximum atomic E-state index is 13.3. The van der Waals surface area contributed by atoms with Gasteiger partial charge in [-0.15, -0.1) is 0 Å². The lowest BCUT2D eigenvalue weighted by atomic mass is 10.2. The molecular weight excluding hydrogens is 407 g/mol. The molecule has 1 amide bonds. The van der Waals surface area contributed by atoms with Crippen molar-refractivity contribution in [2.24, 2.45) is 0 Å². The van der Waals surface area contributed by atoms with Crippen molar-refractivity contribution in [3.05, 3.63) is 59.7 Å². The number of fused-ring (bicyclic) bond motifs is 2. The van der Waals surface area contributed by atoms with E-state index in [4.69, 9.17) is 5.73 Å². The van der Waals surface area contributed by atoms with Crippen molar-refractivity contribution in [1.29, 1.82) is 0 Å². The second-order valence-electron chi connectivity index (χ2n) is 7.31. The number of rotatable bonds is 4.